The van der Waals surface area contributed by atoms with Crippen LogP contribution in [0, 0.1) is 0 Å². The van der Waals surface area contributed by atoms with E-state index in [1.807, 2.05) is 30.3 Å². The molecule has 0 aliphatic rings. The largest absolute Gasteiger partial charge is 0.390 e. The highest BCUT2D eigenvalue weighted by molar-refractivity contribution is 5.85. The van der Waals surface area contributed by atoms with Crippen molar-refractivity contribution < 1.29 is 13.2 Å². The molecule has 0 aromatic heterocycles. The molecule has 0 radical (unpaired) electrons. The van der Waals surface area contributed by atoms with Gasteiger partial charge in [0.05, 0.1) is 6.42 Å². The van der Waals surface area contributed by atoms with Crippen LogP contribution in [0.4, 0.5) is 13.2 Å². The Morgan fingerprint density at radius 3 is 1.85 bits per heavy atom. The molecule has 0 fully saturated rings. The van der Waals surface area contributed by atoms with Gasteiger partial charge in [-0.05, 0) is 16.7 Å². The lowest BCUT2D eigenvalue weighted by atomic mass is 9.99. The summed E-state index contributed by atoms with van der Waals surface area (Å²) < 4.78 is 36.8. The Bertz CT molecular complexity index is 523. The average Bonchev–Trinajstić information content (AvgIpc) is 2.38. The first-order chi connectivity index (χ1) is 8.96. The number of alkyl halides is 3. The standard InChI is InChI=1S/C15H14F3N.ClH/c16-15(17,18)10-14(19)13-8-6-12(7-9-13)11-4-2-1-3-5-11;/h1-9,14H,10,19H2;1H/t14-;/m0./s1. The maximum Gasteiger partial charge on any atom is 0.390 e. The van der Waals surface area contributed by atoms with Crippen LogP contribution < -0.4 is 5.73 Å². The molecule has 0 saturated heterocycles. The lowest BCUT2D eigenvalue weighted by molar-refractivity contribution is -0.138. The van der Waals surface area contributed by atoms with E-state index < -0.39 is 18.6 Å². The number of hydrogen-bond acceptors (Lipinski definition) is 1. The summed E-state index contributed by atoms with van der Waals surface area (Å²) in [6.45, 7) is 0. The quantitative estimate of drug-likeness (QED) is 0.871. The molecule has 2 N–H and O–H groups in total. The van der Waals surface area contributed by atoms with Crippen LogP contribution in [0.5, 0.6) is 0 Å². The molecule has 0 aliphatic heterocycles. The van der Waals surface area contributed by atoms with Gasteiger partial charge in [-0.15, -0.1) is 12.4 Å². The SMILES string of the molecule is Cl.N[C@@H](CC(F)(F)F)c1ccc(-c2ccccc2)cc1. The Hall–Kier alpha value is -1.52. The molecule has 20 heavy (non-hydrogen) atoms. The second-order valence-electron chi connectivity index (χ2n) is 4.41. The van der Waals surface area contributed by atoms with E-state index in [1.165, 1.54) is 0 Å². The first-order valence-electron chi connectivity index (χ1n) is 5.93. The normalized spacial score (nSPS) is 12.6. The Kier molecular flexibility index (Phi) is 5.60. The molecular weight excluding hydrogens is 287 g/mol. The van der Waals surface area contributed by atoms with Gasteiger partial charge in [0, 0.05) is 6.04 Å². The van der Waals surface area contributed by atoms with E-state index in [4.69, 9.17) is 5.73 Å². The van der Waals surface area contributed by atoms with Crippen LogP contribution in [0.3, 0.4) is 0 Å². The van der Waals surface area contributed by atoms with Gasteiger partial charge in [-0.3, -0.25) is 0 Å². The highest BCUT2D eigenvalue weighted by atomic mass is 35.5. The molecule has 2 aromatic rings. The zero-order valence-electron chi connectivity index (χ0n) is 10.6. The van der Waals surface area contributed by atoms with Gasteiger partial charge in [0.15, 0.2) is 0 Å². The fourth-order valence-corrected chi connectivity index (χ4v) is 1.92. The Morgan fingerprint density at radius 1 is 0.850 bits per heavy atom. The van der Waals surface area contributed by atoms with Crippen molar-refractivity contribution in [2.45, 2.75) is 18.6 Å². The van der Waals surface area contributed by atoms with Crippen LogP contribution >= 0.6 is 12.4 Å². The molecule has 5 heteroatoms. The highest BCUT2D eigenvalue weighted by Crippen LogP contribution is 2.29. The third kappa shape index (κ3) is 4.54. The molecule has 0 spiro atoms. The van der Waals surface area contributed by atoms with Crippen molar-refractivity contribution in [3.63, 3.8) is 0 Å². The van der Waals surface area contributed by atoms with Gasteiger partial charge in [0.25, 0.3) is 0 Å². The van der Waals surface area contributed by atoms with E-state index >= 15 is 0 Å². The number of hydrogen-bond donors (Lipinski definition) is 1. The number of halogens is 4. The van der Waals surface area contributed by atoms with Crippen LogP contribution in [0.15, 0.2) is 54.6 Å². The lowest BCUT2D eigenvalue weighted by Gasteiger charge is -2.14. The maximum atomic E-state index is 12.3. The Labute approximate surface area is 122 Å². The van der Waals surface area contributed by atoms with Crippen molar-refractivity contribution in [3.05, 3.63) is 60.2 Å². The third-order valence-corrected chi connectivity index (χ3v) is 2.90. The van der Waals surface area contributed by atoms with E-state index in [2.05, 4.69) is 0 Å². The lowest BCUT2D eigenvalue weighted by Crippen LogP contribution is -2.20. The Balaban J connectivity index is 0.00000200. The first kappa shape index (κ1) is 16.5. The Morgan fingerprint density at radius 2 is 1.35 bits per heavy atom. The summed E-state index contributed by atoms with van der Waals surface area (Å²) in [5, 5.41) is 0. The van der Waals surface area contributed by atoms with E-state index in [0.717, 1.165) is 11.1 Å². The zero-order valence-corrected chi connectivity index (χ0v) is 11.4. The average molecular weight is 302 g/mol. The molecule has 0 heterocycles. The van der Waals surface area contributed by atoms with Crippen molar-refractivity contribution in [2.24, 2.45) is 5.73 Å². The molecule has 2 rings (SSSR count). The first-order valence-corrected chi connectivity index (χ1v) is 5.93. The van der Waals surface area contributed by atoms with Crippen molar-refractivity contribution in [1.82, 2.24) is 0 Å². The summed E-state index contributed by atoms with van der Waals surface area (Å²) in [5.41, 5.74) is 8.04. The van der Waals surface area contributed by atoms with Crippen molar-refractivity contribution in [1.29, 1.82) is 0 Å². The van der Waals surface area contributed by atoms with E-state index in [9.17, 15) is 13.2 Å². The molecule has 0 unspecified atom stereocenters. The molecule has 1 nitrogen and oxygen atoms in total. The van der Waals surface area contributed by atoms with Gasteiger partial charge in [0.2, 0.25) is 0 Å². The van der Waals surface area contributed by atoms with Crippen LogP contribution in [0.1, 0.15) is 18.0 Å². The minimum atomic E-state index is -4.24. The van der Waals surface area contributed by atoms with Gasteiger partial charge in [-0.25, -0.2) is 0 Å². The van der Waals surface area contributed by atoms with Gasteiger partial charge in [0.1, 0.15) is 0 Å². The molecule has 108 valence electrons. The van der Waals surface area contributed by atoms with Crippen LogP contribution in [0.2, 0.25) is 0 Å². The van der Waals surface area contributed by atoms with E-state index in [-0.39, 0.29) is 12.4 Å². The summed E-state index contributed by atoms with van der Waals surface area (Å²) >= 11 is 0. The monoisotopic (exact) mass is 301 g/mol. The number of nitrogens with two attached hydrogens (primary N) is 1. The summed E-state index contributed by atoms with van der Waals surface area (Å²) in [6.07, 6.45) is -5.24. The van der Waals surface area contributed by atoms with E-state index in [1.54, 1.807) is 24.3 Å². The predicted octanol–water partition coefficient (Wildman–Crippen LogP) is 4.73. The van der Waals surface area contributed by atoms with E-state index in [0.29, 0.717) is 5.56 Å². The summed E-state index contributed by atoms with van der Waals surface area (Å²) in [6, 6.07) is 15.5. The highest BCUT2D eigenvalue weighted by Gasteiger charge is 2.30. The fourth-order valence-electron chi connectivity index (χ4n) is 1.92. The smallest absolute Gasteiger partial charge is 0.324 e. The molecule has 0 amide bonds. The summed E-state index contributed by atoms with van der Waals surface area (Å²) in [5.74, 6) is 0. The number of rotatable bonds is 3. The van der Waals surface area contributed by atoms with Gasteiger partial charge < -0.3 is 5.73 Å². The molecule has 0 saturated carbocycles. The van der Waals surface area contributed by atoms with Crippen LogP contribution in [-0.4, -0.2) is 6.18 Å². The number of benzene rings is 2. The summed E-state index contributed by atoms with van der Waals surface area (Å²) in [4.78, 5) is 0. The maximum absolute atomic E-state index is 12.3. The van der Waals surface area contributed by atoms with Gasteiger partial charge in [-0.2, -0.15) is 13.2 Å². The van der Waals surface area contributed by atoms with Gasteiger partial charge in [-0.1, -0.05) is 54.6 Å². The fraction of sp³-hybridized carbons (Fsp3) is 0.200. The zero-order chi connectivity index (χ0) is 13.9. The molecule has 1 atom stereocenters. The molecule has 0 aliphatic carbocycles. The van der Waals surface area contributed by atoms with Gasteiger partial charge >= 0.3 is 6.18 Å². The van der Waals surface area contributed by atoms with Crippen LogP contribution in [0.25, 0.3) is 11.1 Å². The summed E-state index contributed by atoms with van der Waals surface area (Å²) in [7, 11) is 0. The minimum Gasteiger partial charge on any atom is -0.324 e. The minimum absolute atomic E-state index is 0. The molecule has 2 aromatic carbocycles. The third-order valence-electron chi connectivity index (χ3n) is 2.90. The second kappa shape index (κ2) is 6.77. The second-order valence-corrected chi connectivity index (χ2v) is 4.41. The van der Waals surface area contributed by atoms with Crippen molar-refractivity contribution in [2.75, 3.05) is 0 Å². The topological polar surface area (TPSA) is 26.0 Å². The van der Waals surface area contributed by atoms with Crippen LogP contribution in [-0.2, 0) is 0 Å². The van der Waals surface area contributed by atoms with Crippen molar-refractivity contribution >= 4 is 12.4 Å². The molecular formula is C15H15ClF3N. The molecule has 0 bridgehead atoms. The predicted molar refractivity (Wildman–Crippen MR) is 76.7 cm³/mol. The van der Waals surface area contributed by atoms with Crippen molar-refractivity contribution in [3.8, 4) is 11.1 Å².